The lowest BCUT2D eigenvalue weighted by Gasteiger charge is -2.47. The molecule has 0 amide bonds. The summed E-state index contributed by atoms with van der Waals surface area (Å²) in [5, 5.41) is 0.586. The highest BCUT2D eigenvalue weighted by molar-refractivity contribution is 6.31. The van der Waals surface area contributed by atoms with Crippen molar-refractivity contribution in [2.24, 2.45) is 0 Å². The molecule has 6 heteroatoms. The predicted molar refractivity (Wildman–Crippen MR) is 77.2 cm³/mol. The SMILES string of the molecule is CN(C)C1(Cn2c(N)nc3cc(Cl)cnc32)CCC1. The molecule has 1 aliphatic carbocycles. The number of hydrogen-bond donors (Lipinski definition) is 1. The molecule has 2 aromatic rings. The van der Waals surface area contributed by atoms with Crippen LogP contribution in [0.5, 0.6) is 0 Å². The van der Waals surface area contributed by atoms with Crippen LogP contribution in [0.15, 0.2) is 12.3 Å². The Balaban J connectivity index is 2.03. The summed E-state index contributed by atoms with van der Waals surface area (Å²) in [6.45, 7) is 0.830. The summed E-state index contributed by atoms with van der Waals surface area (Å²) >= 11 is 5.94. The number of likely N-dealkylation sites (N-methyl/N-ethyl adjacent to an activating group) is 1. The molecule has 1 saturated carbocycles. The average Bonchev–Trinajstić information content (AvgIpc) is 2.58. The van der Waals surface area contributed by atoms with Crippen LogP contribution < -0.4 is 5.73 Å². The Kier molecular flexibility index (Phi) is 2.91. The van der Waals surface area contributed by atoms with E-state index in [1.54, 1.807) is 12.3 Å². The van der Waals surface area contributed by atoms with Gasteiger partial charge in [0.1, 0.15) is 5.52 Å². The number of anilines is 1. The number of nitrogen functional groups attached to an aromatic ring is 1. The predicted octanol–water partition coefficient (Wildman–Crippen LogP) is 2.15. The van der Waals surface area contributed by atoms with E-state index in [0.717, 1.165) is 17.7 Å². The highest BCUT2D eigenvalue weighted by Crippen LogP contribution is 2.38. The normalized spacial score (nSPS) is 17.9. The van der Waals surface area contributed by atoms with Crippen molar-refractivity contribution in [1.29, 1.82) is 0 Å². The highest BCUT2D eigenvalue weighted by atomic mass is 35.5. The minimum Gasteiger partial charge on any atom is -0.369 e. The first-order valence-corrected chi connectivity index (χ1v) is 6.84. The largest absolute Gasteiger partial charge is 0.369 e. The van der Waals surface area contributed by atoms with E-state index in [0.29, 0.717) is 11.0 Å². The summed E-state index contributed by atoms with van der Waals surface area (Å²) in [5.41, 5.74) is 7.80. The number of nitrogens with zero attached hydrogens (tertiary/aromatic N) is 4. The van der Waals surface area contributed by atoms with Crippen molar-refractivity contribution in [3.05, 3.63) is 17.3 Å². The molecule has 1 fully saturated rings. The lowest BCUT2D eigenvalue weighted by atomic mass is 9.75. The number of rotatable bonds is 3. The first-order valence-electron chi connectivity index (χ1n) is 6.46. The maximum atomic E-state index is 6.04. The van der Waals surface area contributed by atoms with Gasteiger partial charge in [0.2, 0.25) is 5.95 Å². The fraction of sp³-hybridized carbons (Fsp3) is 0.538. The van der Waals surface area contributed by atoms with Crippen LogP contribution in [0.3, 0.4) is 0 Å². The Morgan fingerprint density at radius 3 is 2.79 bits per heavy atom. The lowest BCUT2D eigenvalue weighted by Crippen LogP contribution is -2.53. The highest BCUT2D eigenvalue weighted by Gasteiger charge is 2.40. The molecule has 102 valence electrons. The van der Waals surface area contributed by atoms with E-state index in [9.17, 15) is 0 Å². The van der Waals surface area contributed by atoms with Gasteiger partial charge in [0, 0.05) is 18.3 Å². The Labute approximate surface area is 117 Å². The minimum atomic E-state index is 0.184. The van der Waals surface area contributed by atoms with Gasteiger partial charge in [0.05, 0.1) is 5.02 Å². The molecule has 0 saturated heterocycles. The van der Waals surface area contributed by atoms with Gasteiger partial charge in [-0.2, -0.15) is 0 Å². The Morgan fingerprint density at radius 2 is 2.21 bits per heavy atom. The van der Waals surface area contributed by atoms with Gasteiger partial charge in [0.25, 0.3) is 0 Å². The molecule has 0 aromatic carbocycles. The quantitative estimate of drug-likeness (QED) is 0.935. The second kappa shape index (κ2) is 4.35. The third-order valence-electron chi connectivity index (χ3n) is 4.27. The minimum absolute atomic E-state index is 0.184. The molecule has 0 unspecified atom stereocenters. The summed E-state index contributed by atoms with van der Waals surface area (Å²) in [4.78, 5) is 11.0. The van der Waals surface area contributed by atoms with Gasteiger partial charge in [-0.1, -0.05) is 11.6 Å². The molecule has 0 aliphatic heterocycles. The first-order chi connectivity index (χ1) is 9.02. The summed E-state index contributed by atoms with van der Waals surface area (Å²) in [6.07, 6.45) is 5.29. The van der Waals surface area contributed by atoms with E-state index < -0.39 is 0 Å². The number of hydrogen-bond acceptors (Lipinski definition) is 4. The molecule has 5 nitrogen and oxygen atoms in total. The van der Waals surface area contributed by atoms with Gasteiger partial charge in [0.15, 0.2) is 5.65 Å². The van der Waals surface area contributed by atoms with Crippen LogP contribution in [-0.2, 0) is 6.54 Å². The average molecular weight is 280 g/mol. The van der Waals surface area contributed by atoms with E-state index in [1.165, 1.54) is 19.3 Å². The molecule has 1 aliphatic rings. The molecule has 0 atom stereocenters. The Bertz CT molecular complexity index is 615. The molecule has 0 spiro atoms. The zero-order valence-corrected chi connectivity index (χ0v) is 12.0. The van der Waals surface area contributed by atoms with Crippen molar-refractivity contribution in [2.75, 3.05) is 19.8 Å². The van der Waals surface area contributed by atoms with Crippen molar-refractivity contribution in [3.63, 3.8) is 0 Å². The number of aromatic nitrogens is 3. The second-order valence-electron chi connectivity index (χ2n) is 5.52. The van der Waals surface area contributed by atoms with E-state index in [4.69, 9.17) is 17.3 Å². The summed E-state index contributed by atoms with van der Waals surface area (Å²) in [7, 11) is 4.25. The lowest BCUT2D eigenvalue weighted by molar-refractivity contribution is 0.0439. The van der Waals surface area contributed by atoms with Crippen LogP contribution in [0.1, 0.15) is 19.3 Å². The van der Waals surface area contributed by atoms with Crippen LogP contribution in [0.25, 0.3) is 11.2 Å². The Morgan fingerprint density at radius 1 is 1.47 bits per heavy atom. The second-order valence-corrected chi connectivity index (χ2v) is 5.96. The fourth-order valence-electron chi connectivity index (χ4n) is 2.79. The van der Waals surface area contributed by atoms with Crippen LogP contribution >= 0.6 is 11.6 Å². The molecule has 2 aromatic heterocycles. The maximum Gasteiger partial charge on any atom is 0.202 e. The fourth-order valence-corrected chi connectivity index (χ4v) is 2.94. The van der Waals surface area contributed by atoms with Gasteiger partial charge in [-0.15, -0.1) is 0 Å². The van der Waals surface area contributed by atoms with Crippen LogP contribution in [0.2, 0.25) is 5.02 Å². The van der Waals surface area contributed by atoms with Crippen LogP contribution in [0.4, 0.5) is 5.95 Å². The first kappa shape index (κ1) is 12.7. The molecular formula is C13H18ClN5. The molecule has 3 rings (SSSR count). The maximum absolute atomic E-state index is 6.04. The number of fused-ring (bicyclic) bond motifs is 1. The monoisotopic (exact) mass is 279 g/mol. The van der Waals surface area contributed by atoms with E-state index in [1.807, 2.05) is 4.57 Å². The van der Waals surface area contributed by atoms with E-state index in [-0.39, 0.29) is 5.54 Å². The molecular weight excluding hydrogens is 262 g/mol. The third kappa shape index (κ3) is 1.97. The van der Waals surface area contributed by atoms with Crippen LogP contribution in [-0.4, -0.2) is 39.1 Å². The van der Waals surface area contributed by atoms with Crippen molar-refractivity contribution in [1.82, 2.24) is 19.4 Å². The Hall–Kier alpha value is -1.33. The van der Waals surface area contributed by atoms with Gasteiger partial charge in [-0.25, -0.2) is 9.97 Å². The van der Waals surface area contributed by atoms with E-state index >= 15 is 0 Å². The topological polar surface area (TPSA) is 60.0 Å². The van der Waals surface area contributed by atoms with Gasteiger partial charge in [-0.3, -0.25) is 4.57 Å². The summed E-state index contributed by atoms with van der Waals surface area (Å²) in [5.74, 6) is 0.512. The van der Waals surface area contributed by atoms with Crippen molar-refractivity contribution < 1.29 is 0 Å². The zero-order chi connectivity index (χ0) is 13.6. The molecule has 2 N–H and O–H groups in total. The van der Waals surface area contributed by atoms with Crippen molar-refractivity contribution in [2.45, 2.75) is 31.3 Å². The van der Waals surface area contributed by atoms with E-state index in [2.05, 4.69) is 29.0 Å². The molecule has 2 heterocycles. The number of pyridine rings is 1. The standard InChI is InChI=1S/C13H18ClN5/c1-18(2)13(4-3-5-13)8-19-11-10(17-12(19)15)6-9(14)7-16-11/h6-7H,3-5,8H2,1-2H3,(H2,15,17). The van der Waals surface area contributed by atoms with Crippen LogP contribution in [0, 0.1) is 0 Å². The van der Waals surface area contributed by atoms with Gasteiger partial charge < -0.3 is 10.6 Å². The number of nitrogens with two attached hydrogens (primary N) is 1. The number of halogens is 1. The molecule has 19 heavy (non-hydrogen) atoms. The zero-order valence-electron chi connectivity index (χ0n) is 11.2. The third-order valence-corrected chi connectivity index (χ3v) is 4.47. The summed E-state index contributed by atoms with van der Waals surface area (Å²) < 4.78 is 2.00. The molecule has 0 bridgehead atoms. The smallest absolute Gasteiger partial charge is 0.202 e. The van der Waals surface area contributed by atoms with Crippen molar-refractivity contribution in [3.8, 4) is 0 Å². The number of imidazole rings is 1. The summed E-state index contributed by atoms with van der Waals surface area (Å²) in [6, 6.07) is 1.81. The van der Waals surface area contributed by atoms with Gasteiger partial charge in [-0.05, 0) is 39.4 Å². The molecule has 0 radical (unpaired) electrons. The van der Waals surface area contributed by atoms with Crippen molar-refractivity contribution >= 4 is 28.7 Å². The van der Waals surface area contributed by atoms with Gasteiger partial charge >= 0.3 is 0 Å².